The van der Waals surface area contributed by atoms with E-state index in [-0.39, 0.29) is 5.92 Å². The van der Waals surface area contributed by atoms with Crippen molar-refractivity contribution in [2.24, 2.45) is 17.3 Å². The fraction of sp³-hybridized carbons (Fsp3) is 0.786. The minimum Gasteiger partial charge on any atom is -0.303 e. The van der Waals surface area contributed by atoms with Crippen molar-refractivity contribution in [1.29, 1.82) is 0 Å². The minimum absolute atomic E-state index is 0.279. The molecule has 0 aliphatic heterocycles. The lowest BCUT2D eigenvalue weighted by molar-refractivity contribution is -0.111. The monoisotopic (exact) mass is 208 g/mol. The first-order valence-corrected chi connectivity index (χ1v) is 6.14. The van der Waals surface area contributed by atoms with Gasteiger partial charge < -0.3 is 4.79 Å². The van der Waals surface area contributed by atoms with E-state index in [1.165, 1.54) is 18.4 Å². The van der Waals surface area contributed by atoms with Crippen molar-refractivity contribution >= 4 is 6.29 Å². The zero-order chi connectivity index (χ0) is 11.5. The molecule has 0 saturated heterocycles. The molecule has 0 radical (unpaired) electrons. The smallest absolute Gasteiger partial charge is 0.123 e. The van der Waals surface area contributed by atoms with E-state index < -0.39 is 0 Å². The molecule has 1 heteroatoms. The van der Waals surface area contributed by atoms with Gasteiger partial charge in [-0.15, -0.1) is 0 Å². The molecule has 0 fully saturated rings. The van der Waals surface area contributed by atoms with Gasteiger partial charge in [-0.25, -0.2) is 0 Å². The van der Waals surface area contributed by atoms with Crippen LogP contribution in [0.15, 0.2) is 11.6 Å². The molecule has 1 aliphatic carbocycles. The van der Waals surface area contributed by atoms with Crippen molar-refractivity contribution in [3.05, 3.63) is 11.6 Å². The van der Waals surface area contributed by atoms with Crippen LogP contribution in [0.5, 0.6) is 0 Å². The highest BCUT2D eigenvalue weighted by Gasteiger charge is 2.34. The Kier molecular flexibility index (Phi) is 4.12. The molecule has 86 valence electrons. The molecule has 0 aromatic heterocycles. The van der Waals surface area contributed by atoms with Crippen molar-refractivity contribution in [3.8, 4) is 0 Å². The van der Waals surface area contributed by atoms with E-state index in [0.717, 1.165) is 25.0 Å². The van der Waals surface area contributed by atoms with Crippen LogP contribution in [0.1, 0.15) is 53.4 Å². The van der Waals surface area contributed by atoms with Gasteiger partial charge in [-0.1, -0.05) is 32.4 Å². The van der Waals surface area contributed by atoms with Gasteiger partial charge in [-0.3, -0.25) is 0 Å². The van der Waals surface area contributed by atoms with E-state index >= 15 is 0 Å². The molecular weight excluding hydrogens is 184 g/mol. The molecule has 0 amide bonds. The van der Waals surface area contributed by atoms with Gasteiger partial charge in [0.25, 0.3) is 0 Å². The normalized spacial score (nSPS) is 26.1. The van der Waals surface area contributed by atoms with Crippen molar-refractivity contribution in [3.63, 3.8) is 0 Å². The minimum atomic E-state index is 0.279. The Morgan fingerprint density at radius 1 is 1.60 bits per heavy atom. The van der Waals surface area contributed by atoms with E-state index in [0.29, 0.717) is 5.41 Å². The summed E-state index contributed by atoms with van der Waals surface area (Å²) in [6.45, 7) is 9.00. The van der Waals surface area contributed by atoms with Crippen LogP contribution in [0.25, 0.3) is 0 Å². The Morgan fingerprint density at radius 2 is 2.27 bits per heavy atom. The summed E-state index contributed by atoms with van der Waals surface area (Å²) in [5.74, 6) is 1.02. The van der Waals surface area contributed by atoms with Crippen LogP contribution in [0.2, 0.25) is 0 Å². The standard InChI is InChI=1S/C14H24O/c1-5-12(10-15)7-9-13-8-6-11(2)14(13,3)4/h6,10,12-13H,5,7-9H2,1-4H3. The van der Waals surface area contributed by atoms with Crippen LogP contribution in [-0.2, 0) is 4.79 Å². The maximum Gasteiger partial charge on any atom is 0.123 e. The Morgan fingerprint density at radius 3 is 2.67 bits per heavy atom. The predicted molar refractivity (Wildman–Crippen MR) is 64.7 cm³/mol. The van der Waals surface area contributed by atoms with Crippen molar-refractivity contribution < 1.29 is 4.79 Å². The Bertz CT molecular complexity index is 250. The summed E-state index contributed by atoms with van der Waals surface area (Å²) in [7, 11) is 0. The fourth-order valence-electron chi connectivity index (χ4n) is 2.46. The second-order valence-corrected chi connectivity index (χ2v) is 5.42. The second-order valence-electron chi connectivity index (χ2n) is 5.42. The molecule has 0 bridgehead atoms. The zero-order valence-electron chi connectivity index (χ0n) is 10.5. The van der Waals surface area contributed by atoms with Crippen molar-refractivity contribution in [1.82, 2.24) is 0 Å². The average molecular weight is 208 g/mol. The average Bonchev–Trinajstić information content (AvgIpc) is 2.45. The molecule has 0 N–H and O–H groups in total. The maximum atomic E-state index is 10.8. The highest BCUT2D eigenvalue weighted by Crippen LogP contribution is 2.45. The van der Waals surface area contributed by atoms with Gasteiger partial charge in [0.1, 0.15) is 6.29 Å². The summed E-state index contributed by atoms with van der Waals surface area (Å²) < 4.78 is 0. The van der Waals surface area contributed by atoms with Gasteiger partial charge in [-0.05, 0) is 43.9 Å². The summed E-state index contributed by atoms with van der Waals surface area (Å²) in [6, 6.07) is 0. The number of aldehydes is 1. The van der Waals surface area contributed by atoms with Crippen LogP contribution in [0.3, 0.4) is 0 Å². The van der Waals surface area contributed by atoms with E-state index in [1.807, 2.05) is 0 Å². The summed E-state index contributed by atoms with van der Waals surface area (Å²) in [5.41, 5.74) is 1.87. The van der Waals surface area contributed by atoms with Gasteiger partial charge in [-0.2, -0.15) is 0 Å². The van der Waals surface area contributed by atoms with Crippen molar-refractivity contribution in [2.45, 2.75) is 53.4 Å². The summed E-state index contributed by atoms with van der Waals surface area (Å²) in [5, 5.41) is 0. The first-order valence-electron chi connectivity index (χ1n) is 6.14. The first-order chi connectivity index (χ1) is 7.02. The number of hydrogen-bond acceptors (Lipinski definition) is 1. The summed E-state index contributed by atoms with van der Waals surface area (Å²) in [6.07, 6.45) is 7.94. The Hall–Kier alpha value is -0.590. The molecule has 1 aliphatic rings. The van der Waals surface area contributed by atoms with Crippen LogP contribution in [0, 0.1) is 17.3 Å². The van der Waals surface area contributed by atoms with Gasteiger partial charge in [0.15, 0.2) is 0 Å². The number of hydrogen-bond donors (Lipinski definition) is 0. The molecular formula is C14H24O. The van der Waals surface area contributed by atoms with Gasteiger partial charge in [0, 0.05) is 5.92 Å². The maximum absolute atomic E-state index is 10.8. The van der Waals surface area contributed by atoms with Crippen LogP contribution < -0.4 is 0 Å². The van der Waals surface area contributed by atoms with E-state index in [1.54, 1.807) is 0 Å². The molecule has 0 aromatic rings. The Labute approximate surface area is 93.9 Å². The third-order valence-corrected chi connectivity index (χ3v) is 4.35. The SMILES string of the molecule is CCC(C=O)CCC1CC=C(C)C1(C)C. The number of rotatable bonds is 5. The number of carbonyl (C=O) groups is 1. The molecule has 2 atom stereocenters. The lowest BCUT2D eigenvalue weighted by atomic mass is 9.75. The number of allylic oxidation sites excluding steroid dienone is 2. The van der Waals surface area contributed by atoms with Crippen LogP contribution >= 0.6 is 0 Å². The van der Waals surface area contributed by atoms with Gasteiger partial charge >= 0.3 is 0 Å². The van der Waals surface area contributed by atoms with Crippen molar-refractivity contribution in [2.75, 3.05) is 0 Å². The van der Waals surface area contributed by atoms with Crippen LogP contribution in [-0.4, -0.2) is 6.29 Å². The molecule has 2 unspecified atom stereocenters. The van der Waals surface area contributed by atoms with Gasteiger partial charge in [0.05, 0.1) is 0 Å². The largest absolute Gasteiger partial charge is 0.303 e. The predicted octanol–water partition coefficient (Wildman–Crippen LogP) is 3.98. The zero-order valence-corrected chi connectivity index (χ0v) is 10.5. The van der Waals surface area contributed by atoms with E-state index in [2.05, 4.69) is 33.8 Å². The topological polar surface area (TPSA) is 17.1 Å². The highest BCUT2D eigenvalue weighted by molar-refractivity contribution is 5.53. The van der Waals surface area contributed by atoms with Gasteiger partial charge in [0.2, 0.25) is 0 Å². The molecule has 0 saturated carbocycles. The Balaban J connectivity index is 2.45. The lowest BCUT2D eigenvalue weighted by Gasteiger charge is -2.30. The molecule has 0 spiro atoms. The molecule has 1 rings (SSSR count). The second kappa shape index (κ2) is 4.96. The molecule has 1 nitrogen and oxygen atoms in total. The lowest BCUT2D eigenvalue weighted by Crippen LogP contribution is -2.21. The first kappa shape index (κ1) is 12.5. The number of carbonyl (C=O) groups excluding carboxylic acids is 1. The van der Waals surface area contributed by atoms with E-state index in [9.17, 15) is 4.79 Å². The molecule has 0 aromatic carbocycles. The summed E-state index contributed by atoms with van der Waals surface area (Å²) in [4.78, 5) is 10.8. The van der Waals surface area contributed by atoms with Crippen LogP contribution in [0.4, 0.5) is 0 Å². The quantitative estimate of drug-likeness (QED) is 0.493. The third-order valence-electron chi connectivity index (χ3n) is 4.35. The summed E-state index contributed by atoms with van der Waals surface area (Å²) >= 11 is 0. The fourth-order valence-corrected chi connectivity index (χ4v) is 2.46. The van der Waals surface area contributed by atoms with E-state index in [4.69, 9.17) is 0 Å². The highest BCUT2D eigenvalue weighted by atomic mass is 16.1. The molecule has 0 heterocycles. The molecule has 15 heavy (non-hydrogen) atoms. The third kappa shape index (κ3) is 2.70.